The molecule has 0 saturated carbocycles. The van der Waals surface area contributed by atoms with Gasteiger partial charge in [0.05, 0.1) is 26.9 Å². The van der Waals surface area contributed by atoms with Crippen molar-refractivity contribution in [2.45, 2.75) is 77.2 Å². The fourth-order valence-electron chi connectivity index (χ4n) is 2.68. The third-order valence-corrected chi connectivity index (χ3v) is 10.7. The van der Waals surface area contributed by atoms with Crippen molar-refractivity contribution < 1.29 is 27.7 Å². The quantitative estimate of drug-likeness (QED) is 0.235. The van der Waals surface area contributed by atoms with E-state index in [2.05, 4.69) is 40.8 Å². The van der Waals surface area contributed by atoms with Crippen molar-refractivity contribution in [3.63, 3.8) is 0 Å². The number of rotatable bonds is 12. The summed E-state index contributed by atoms with van der Waals surface area (Å²) in [5.74, 6) is 0.833. The van der Waals surface area contributed by atoms with Crippen LogP contribution in [0.2, 0.25) is 18.1 Å². The molecule has 2 unspecified atom stereocenters. The molecule has 1 saturated heterocycles. The fraction of sp³-hybridized carbons (Fsp3) is 0.682. The second-order valence-electron chi connectivity index (χ2n) is 9.03. The van der Waals surface area contributed by atoms with Crippen molar-refractivity contribution >= 4 is 17.4 Å². The molecule has 0 bridgehead atoms. The Morgan fingerprint density at radius 1 is 1.13 bits per heavy atom. The largest absolute Gasteiger partial charge is 0.497 e. The highest BCUT2D eigenvalue weighted by atomic mass is 31.1. The number of benzene rings is 1. The van der Waals surface area contributed by atoms with Gasteiger partial charge in [0.15, 0.2) is 17.4 Å². The van der Waals surface area contributed by atoms with E-state index in [1.165, 1.54) is 0 Å². The van der Waals surface area contributed by atoms with Crippen LogP contribution in [0.5, 0.6) is 5.75 Å². The highest BCUT2D eigenvalue weighted by Gasteiger charge is 2.46. The molecule has 8 heteroatoms. The molecule has 2 rings (SSSR count). The topological polar surface area (TPSA) is 55.4 Å². The molecule has 1 aliphatic rings. The Hall–Kier alpha value is -0.533. The van der Waals surface area contributed by atoms with E-state index >= 15 is 0 Å². The predicted octanol–water partition coefficient (Wildman–Crippen LogP) is 5.48. The Bertz CT molecular complexity index is 619. The third-order valence-electron chi connectivity index (χ3n) is 5.57. The average Bonchev–Trinajstić information content (AvgIpc) is 3.06. The van der Waals surface area contributed by atoms with Gasteiger partial charge in [0.1, 0.15) is 30.7 Å². The van der Waals surface area contributed by atoms with E-state index in [-0.39, 0.29) is 32.4 Å². The van der Waals surface area contributed by atoms with Crippen LogP contribution in [-0.2, 0) is 29.6 Å². The smallest absolute Gasteiger partial charge is 0.192 e. The molecule has 0 spiro atoms. The SMILES string of the molecule is CCCOPO[C@@H]1C(O[Si](C)(C)C(C)(C)C)[CH]O[C@@H]1COCc1ccc(OC)cc1. The summed E-state index contributed by atoms with van der Waals surface area (Å²) in [5.41, 5.74) is 1.08. The summed E-state index contributed by atoms with van der Waals surface area (Å²) in [6, 6.07) is 7.86. The molecule has 0 aromatic heterocycles. The molecule has 1 radical (unpaired) electrons. The third kappa shape index (κ3) is 7.55. The first-order chi connectivity index (χ1) is 14.2. The van der Waals surface area contributed by atoms with Crippen LogP contribution in [0.25, 0.3) is 0 Å². The summed E-state index contributed by atoms with van der Waals surface area (Å²) in [5, 5.41) is 0.106. The zero-order valence-electron chi connectivity index (χ0n) is 19.4. The molecule has 0 N–H and O–H groups in total. The standard InChI is InChI=1S/C22H38O6PSi/c1-8-13-26-29-27-21-19(15-24-14-17-9-11-18(23-5)12-10-17)25-16-20(21)28-30(6,7)22(2,3)4/h9-12,16,19-21,29H,8,13-15H2,1-7H3/t19-,20?,21+/m1/s1. The lowest BCUT2D eigenvalue weighted by Crippen LogP contribution is -2.47. The number of methoxy groups -OCH3 is 1. The van der Waals surface area contributed by atoms with Crippen molar-refractivity contribution in [2.24, 2.45) is 0 Å². The van der Waals surface area contributed by atoms with Gasteiger partial charge in [0, 0.05) is 0 Å². The minimum absolute atomic E-state index is 0.0397. The summed E-state index contributed by atoms with van der Waals surface area (Å²) in [4.78, 5) is 0. The van der Waals surface area contributed by atoms with Crippen LogP contribution in [0, 0.1) is 6.61 Å². The van der Waals surface area contributed by atoms with Crippen LogP contribution in [0.3, 0.4) is 0 Å². The molecule has 171 valence electrons. The van der Waals surface area contributed by atoms with Gasteiger partial charge in [-0.15, -0.1) is 0 Å². The molecule has 30 heavy (non-hydrogen) atoms. The maximum atomic E-state index is 6.57. The average molecular weight is 458 g/mol. The zero-order chi connectivity index (χ0) is 22.2. The number of hydrogen-bond donors (Lipinski definition) is 0. The van der Waals surface area contributed by atoms with Crippen LogP contribution in [0.1, 0.15) is 39.7 Å². The van der Waals surface area contributed by atoms with Gasteiger partial charge in [0.2, 0.25) is 0 Å². The first-order valence-corrected chi connectivity index (χ1v) is 14.3. The van der Waals surface area contributed by atoms with Crippen molar-refractivity contribution in [1.29, 1.82) is 0 Å². The van der Waals surface area contributed by atoms with Crippen LogP contribution >= 0.6 is 9.03 Å². The molecule has 1 aromatic rings. The summed E-state index contributed by atoms with van der Waals surface area (Å²) < 4.78 is 35.3. The molecular formula is C22H38O6PSi. The Labute approximate surface area is 185 Å². The van der Waals surface area contributed by atoms with Crippen molar-refractivity contribution in [1.82, 2.24) is 0 Å². The summed E-state index contributed by atoms with van der Waals surface area (Å²) in [7, 11) is -0.351. The summed E-state index contributed by atoms with van der Waals surface area (Å²) in [6.45, 7) is 16.6. The molecule has 6 nitrogen and oxygen atoms in total. The molecule has 1 aliphatic heterocycles. The number of hydrogen-bond acceptors (Lipinski definition) is 6. The molecular weight excluding hydrogens is 419 g/mol. The van der Waals surface area contributed by atoms with Gasteiger partial charge >= 0.3 is 0 Å². The summed E-state index contributed by atoms with van der Waals surface area (Å²) >= 11 is 0. The highest BCUT2D eigenvalue weighted by molar-refractivity contribution is 7.26. The zero-order valence-corrected chi connectivity index (χ0v) is 21.4. The van der Waals surface area contributed by atoms with Gasteiger partial charge in [-0.3, -0.25) is 0 Å². The maximum absolute atomic E-state index is 6.57. The fourth-order valence-corrected chi connectivity index (χ4v) is 4.66. The Morgan fingerprint density at radius 2 is 1.83 bits per heavy atom. The first-order valence-electron chi connectivity index (χ1n) is 10.6. The second-order valence-corrected chi connectivity index (χ2v) is 14.5. The van der Waals surface area contributed by atoms with E-state index in [4.69, 9.17) is 27.7 Å². The lowest BCUT2D eigenvalue weighted by Gasteiger charge is -2.39. The Morgan fingerprint density at radius 3 is 2.43 bits per heavy atom. The van der Waals surface area contributed by atoms with Gasteiger partial charge in [-0.1, -0.05) is 39.8 Å². The van der Waals surface area contributed by atoms with Crippen LogP contribution < -0.4 is 4.74 Å². The highest BCUT2D eigenvalue weighted by Crippen LogP contribution is 2.40. The van der Waals surface area contributed by atoms with E-state index in [0.717, 1.165) is 17.7 Å². The predicted molar refractivity (Wildman–Crippen MR) is 123 cm³/mol. The molecule has 0 amide bonds. The Kier molecular flexibility index (Phi) is 10.2. The lowest BCUT2D eigenvalue weighted by molar-refractivity contribution is -0.0185. The first kappa shape index (κ1) is 25.7. The maximum Gasteiger partial charge on any atom is 0.192 e. The molecule has 1 fully saturated rings. The Balaban J connectivity index is 1.94. The lowest BCUT2D eigenvalue weighted by atomic mass is 10.1. The van der Waals surface area contributed by atoms with E-state index in [1.807, 2.05) is 24.3 Å². The van der Waals surface area contributed by atoms with E-state index < -0.39 is 8.32 Å². The van der Waals surface area contributed by atoms with Crippen LogP contribution in [-0.4, -0.2) is 47.0 Å². The molecule has 1 heterocycles. The van der Waals surface area contributed by atoms with Crippen LogP contribution in [0.4, 0.5) is 0 Å². The number of ether oxygens (including phenoxy) is 3. The monoisotopic (exact) mass is 457 g/mol. The van der Waals surface area contributed by atoms with Gasteiger partial charge in [-0.2, -0.15) is 0 Å². The normalized spacial score (nSPS) is 22.8. The van der Waals surface area contributed by atoms with Crippen molar-refractivity contribution in [2.75, 3.05) is 20.3 Å². The minimum atomic E-state index is -1.97. The van der Waals surface area contributed by atoms with E-state index in [0.29, 0.717) is 19.8 Å². The van der Waals surface area contributed by atoms with Gasteiger partial charge in [-0.25, -0.2) is 0 Å². The molecule has 1 aromatic carbocycles. The van der Waals surface area contributed by atoms with Crippen LogP contribution in [0.15, 0.2) is 24.3 Å². The minimum Gasteiger partial charge on any atom is -0.497 e. The summed E-state index contributed by atoms with van der Waals surface area (Å²) in [6.07, 6.45) is 0.265. The second kappa shape index (κ2) is 11.9. The van der Waals surface area contributed by atoms with Gasteiger partial charge < -0.3 is 27.7 Å². The molecule has 4 atom stereocenters. The van der Waals surface area contributed by atoms with Crippen molar-refractivity contribution in [3.8, 4) is 5.75 Å². The molecule has 0 aliphatic carbocycles. The van der Waals surface area contributed by atoms with Gasteiger partial charge in [-0.05, 0) is 42.2 Å². The van der Waals surface area contributed by atoms with Gasteiger partial charge in [0.25, 0.3) is 0 Å². The van der Waals surface area contributed by atoms with Crippen molar-refractivity contribution in [3.05, 3.63) is 36.4 Å². The van der Waals surface area contributed by atoms with E-state index in [1.54, 1.807) is 13.7 Å². The van der Waals surface area contributed by atoms with E-state index in [9.17, 15) is 0 Å².